The summed E-state index contributed by atoms with van der Waals surface area (Å²) in [7, 11) is 0. The average Bonchev–Trinajstić information content (AvgIpc) is 2.31. The van der Waals surface area contributed by atoms with E-state index in [1.165, 1.54) is 0 Å². The van der Waals surface area contributed by atoms with Gasteiger partial charge in [-0.25, -0.2) is 4.79 Å². The molecule has 1 rings (SSSR count). The van der Waals surface area contributed by atoms with Crippen molar-refractivity contribution in [3.8, 4) is 0 Å². The van der Waals surface area contributed by atoms with Gasteiger partial charge in [-0.05, 0) is 12.8 Å². The molecule has 12 heavy (non-hydrogen) atoms. The van der Waals surface area contributed by atoms with Crippen LogP contribution in [0.3, 0.4) is 0 Å². The van der Waals surface area contributed by atoms with Gasteiger partial charge < -0.3 is 5.32 Å². The molecule has 5 heteroatoms. The molecule has 3 amide bonds. The fourth-order valence-corrected chi connectivity index (χ4v) is 1.50. The number of imide groups is 1. The van der Waals surface area contributed by atoms with Crippen LogP contribution < -0.4 is 10.6 Å². The normalized spacial score (nSPS) is 22.2. The van der Waals surface area contributed by atoms with Crippen LogP contribution >= 0.6 is 15.9 Å². The Hall–Kier alpha value is -0.580. The molecule has 1 saturated heterocycles. The van der Waals surface area contributed by atoms with Gasteiger partial charge in [0.05, 0.1) is 0 Å². The number of halogens is 1. The van der Waals surface area contributed by atoms with Gasteiger partial charge in [0, 0.05) is 5.33 Å². The third-order valence-corrected chi connectivity index (χ3v) is 2.30. The molecule has 2 N–H and O–H groups in total. The number of amides is 3. The number of alkyl halides is 1. The molecule has 0 bridgehead atoms. The second-order valence-electron chi connectivity index (χ2n) is 2.70. The lowest BCUT2D eigenvalue weighted by molar-refractivity contribution is -0.120. The van der Waals surface area contributed by atoms with Gasteiger partial charge in [-0.1, -0.05) is 22.4 Å². The van der Waals surface area contributed by atoms with Crippen LogP contribution in [-0.2, 0) is 4.79 Å². The summed E-state index contributed by atoms with van der Waals surface area (Å²) in [4.78, 5) is 21.6. The molecule has 0 aromatic carbocycles. The molecule has 1 aliphatic heterocycles. The van der Waals surface area contributed by atoms with Crippen molar-refractivity contribution in [1.29, 1.82) is 0 Å². The zero-order valence-electron chi connectivity index (χ0n) is 6.60. The highest BCUT2D eigenvalue weighted by atomic mass is 79.9. The van der Waals surface area contributed by atoms with Gasteiger partial charge in [-0.2, -0.15) is 0 Å². The highest BCUT2D eigenvalue weighted by molar-refractivity contribution is 9.09. The van der Waals surface area contributed by atoms with Crippen molar-refractivity contribution in [2.75, 3.05) is 5.33 Å². The Morgan fingerprint density at radius 2 is 2.08 bits per heavy atom. The monoisotopic (exact) mass is 234 g/mol. The maximum atomic E-state index is 11.0. The summed E-state index contributed by atoms with van der Waals surface area (Å²) < 4.78 is 0. The molecule has 0 radical (unpaired) electrons. The summed E-state index contributed by atoms with van der Waals surface area (Å²) in [5, 5.41) is 5.68. The molecule has 1 unspecified atom stereocenters. The quantitative estimate of drug-likeness (QED) is 0.429. The molecule has 1 atom stereocenters. The summed E-state index contributed by atoms with van der Waals surface area (Å²) in [5.41, 5.74) is 0. The van der Waals surface area contributed by atoms with Crippen LogP contribution in [0.5, 0.6) is 0 Å². The lowest BCUT2D eigenvalue weighted by atomic mass is 10.1. The smallest absolute Gasteiger partial charge is 0.322 e. The maximum Gasteiger partial charge on any atom is 0.322 e. The van der Waals surface area contributed by atoms with Crippen molar-refractivity contribution in [1.82, 2.24) is 10.6 Å². The number of unbranched alkanes of at least 4 members (excludes halogenated alkanes) is 1. The van der Waals surface area contributed by atoms with Gasteiger partial charge in [0.25, 0.3) is 5.91 Å². The van der Waals surface area contributed by atoms with E-state index in [-0.39, 0.29) is 18.0 Å². The molecule has 0 aromatic rings. The molecule has 68 valence electrons. The van der Waals surface area contributed by atoms with Gasteiger partial charge in [0.2, 0.25) is 0 Å². The fourth-order valence-electron chi connectivity index (χ4n) is 1.11. The SMILES string of the molecule is O=C1NC(=O)C(CCCCBr)N1. The van der Waals surface area contributed by atoms with Gasteiger partial charge in [0.1, 0.15) is 6.04 Å². The second-order valence-corrected chi connectivity index (χ2v) is 3.49. The third kappa shape index (κ3) is 2.48. The highest BCUT2D eigenvalue weighted by Crippen LogP contribution is 2.05. The number of carbonyl (C=O) groups excluding carboxylic acids is 2. The minimum atomic E-state index is -0.371. The maximum absolute atomic E-state index is 11.0. The standard InChI is InChI=1S/C7H11BrN2O2/c8-4-2-1-3-5-6(11)10-7(12)9-5/h5H,1-4H2,(H2,9,10,11,12). The van der Waals surface area contributed by atoms with E-state index in [0.29, 0.717) is 0 Å². The summed E-state index contributed by atoms with van der Waals surface area (Å²) in [6, 6.07) is -0.680. The van der Waals surface area contributed by atoms with Crippen LogP contribution in [0.4, 0.5) is 4.79 Å². The number of hydrogen-bond donors (Lipinski definition) is 2. The molecule has 1 aliphatic rings. The van der Waals surface area contributed by atoms with Crippen molar-refractivity contribution in [3.05, 3.63) is 0 Å². The molecular formula is C7H11BrN2O2. The number of nitrogens with one attached hydrogen (secondary N) is 2. The lowest BCUT2D eigenvalue weighted by Crippen LogP contribution is -2.28. The van der Waals surface area contributed by atoms with E-state index in [1.54, 1.807) is 0 Å². The van der Waals surface area contributed by atoms with E-state index in [2.05, 4.69) is 26.6 Å². The first kappa shape index (κ1) is 9.51. The van der Waals surface area contributed by atoms with Crippen molar-refractivity contribution < 1.29 is 9.59 Å². The largest absolute Gasteiger partial charge is 0.326 e. The van der Waals surface area contributed by atoms with Gasteiger partial charge in [-0.3, -0.25) is 10.1 Å². The lowest BCUT2D eigenvalue weighted by Gasteiger charge is -2.04. The van der Waals surface area contributed by atoms with Crippen molar-refractivity contribution in [2.24, 2.45) is 0 Å². The van der Waals surface area contributed by atoms with E-state index in [0.717, 1.165) is 24.6 Å². The van der Waals surface area contributed by atoms with Gasteiger partial charge in [0.15, 0.2) is 0 Å². The first-order valence-corrected chi connectivity index (χ1v) is 5.03. The van der Waals surface area contributed by atoms with Crippen LogP contribution in [0.15, 0.2) is 0 Å². The topological polar surface area (TPSA) is 58.2 Å². The number of hydrogen-bond acceptors (Lipinski definition) is 2. The van der Waals surface area contributed by atoms with Crippen LogP contribution in [0, 0.1) is 0 Å². The Morgan fingerprint density at radius 3 is 2.58 bits per heavy atom. The summed E-state index contributed by atoms with van der Waals surface area (Å²) in [5.74, 6) is -0.199. The summed E-state index contributed by atoms with van der Waals surface area (Å²) in [6.45, 7) is 0. The average molecular weight is 235 g/mol. The molecule has 1 heterocycles. The van der Waals surface area contributed by atoms with Crippen LogP contribution in [0.2, 0.25) is 0 Å². The van der Waals surface area contributed by atoms with Crippen molar-refractivity contribution >= 4 is 27.9 Å². The molecule has 4 nitrogen and oxygen atoms in total. The predicted molar refractivity (Wildman–Crippen MR) is 48.1 cm³/mol. The van der Waals surface area contributed by atoms with Gasteiger partial charge >= 0.3 is 6.03 Å². The summed E-state index contributed by atoms with van der Waals surface area (Å²) in [6.07, 6.45) is 2.70. The van der Waals surface area contributed by atoms with Crippen LogP contribution in [-0.4, -0.2) is 23.3 Å². The Labute approximate surface area is 79.2 Å². The first-order chi connectivity index (χ1) is 5.74. The van der Waals surface area contributed by atoms with Gasteiger partial charge in [-0.15, -0.1) is 0 Å². The Bertz CT molecular complexity index is 196. The van der Waals surface area contributed by atoms with E-state index >= 15 is 0 Å². The minimum absolute atomic E-state index is 0.199. The molecular weight excluding hydrogens is 224 g/mol. The Morgan fingerprint density at radius 1 is 1.33 bits per heavy atom. The molecule has 0 aliphatic carbocycles. The van der Waals surface area contributed by atoms with Crippen LogP contribution in [0.1, 0.15) is 19.3 Å². The van der Waals surface area contributed by atoms with Crippen LogP contribution in [0.25, 0.3) is 0 Å². The Balaban J connectivity index is 2.24. The predicted octanol–water partition coefficient (Wildman–Crippen LogP) is 0.760. The number of carbonyl (C=O) groups is 2. The third-order valence-electron chi connectivity index (χ3n) is 1.73. The molecule has 0 spiro atoms. The zero-order valence-corrected chi connectivity index (χ0v) is 8.19. The zero-order chi connectivity index (χ0) is 8.97. The van der Waals surface area contributed by atoms with E-state index < -0.39 is 0 Å². The van der Waals surface area contributed by atoms with E-state index in [9.17, 15) is 9.59 Å². The highest BCUT2D eigenvalue weighted by Gasteiger charge is 2.28. The fraction of sp³-hybridized carbons (Fsp3) is 0.714. The number of urea groups is 1. The van der Waals surface area contributed by atoms with E-state index in [1.807, 2.05) is 0 Å². The molecule has 1 fully saturated rings. The van der Waals surface area contributed by atoms with E-state index in [4.69, 9.17) is 0 Å². The number of rotatable bonds is 4. The Kier molecular flexibility index (Phi) is 3.52. The second kappa shape index (κ2) is 4.45. The van der Waals surface area contributed by atoms with Crippen molar-refractivity contribution in [3.63, 3.8) is 0 Å². The minimum Gasteiger partial charge on any atom is -0.326 e. The molecule has 0 aromatic heterocycles. The summed E-state index contributed by atoms with van der Waals surface area (Å²) >= 11 is 3.30. The van der Waals surface area contributed by atoms with Crippen molar-refractivity contribution in [2.45, 2.75) is 25.3 Å². The first-order valence-electron chi connectivity index (χ1n) is 3.91. The molecule has 0 saturated carbocycles.